The molecule has 3 heteroatoms. The Morgan fingerprint density at radius 2 is 1.80 bits per heavy atom. The number of aromatic nitrogens is 2. The molecule has 0 atom stereocenters. The first-order valence-corrected chi connectivity index (χ1v) is 6.55. The normalized spacial score (nSPS) is 11.4. The Balaban J connectivity index is 2.33. The Morgan fingerprint density at radius 1 is 1.05 bits per heavy atom. The molecule has 2 aromatic rings. The number of fused-ring (bicyclic) bond motifs is 4. The van der Waals surface area contributed by atoms with Gasteiger partial charge in [0.2, 0.25) is 5.91 Å². The summed E-state index contributed by atoms with van der Waals surface area (Å²) in [6.45, 7) is 1.59. The van der Waals surface area contributed by atoms with Crippen LogP contribution >= 0.6 is 0 Å². The van der Waals surface area contributed by atoms with Crippen LogP contribution in [0.1, 0.15) is 11.7 Å². The van der Waals surface area contributed by atoms with Crippen molar-refractivity contribution in [2.45, 2.75) is 6.92 Å². The highest BCUT2D eigenvalue weighted by molar-refractivity contribution is 6.05. The lowest BCUT2D eigenvalue weighted by Gasteiger charge is -2.13. The van der Waals surface area contributed by atoms with Crippen molar-refractivity contribution in [3.8, 4) is 11.4 Å². The second-order valence-electron chi connectivity index (χ2n) is 4.92. The van der Waals surface area contributed by atoms with E-state index in [1.54, 1.807) is 11.5 Å². The van der Waals surface area contributed by atoms with Gasteiger partial charge in [-0.3, -0.25) is 9.36 Å². The van der Waals surface area contributed by atoms with Gasteiger partial charge in [0, 0.05) is 17.7 Å². The van der Waals surface area contributed by atoms with Gasteiger partial charge in [-0.05, 0) is 18.2 Å². The predicted molar refractivity (Wildman–Crippen MR) is 80.2 cm³/mol. The number of pyridine rings is 1. The average molecular weight is 260 g/mol. The number of carbonyl (C=O) groups is 1. The summed E-state index contributed by atoms with van der Waals surface area (Å²) in [7, 11) is 0. The average Bonchev–Trinajstić information content (AvgIpc) is 2.82. The molecule has 0 amide bonds. The fourth-order valence-electron chi connectivity index (χ4n) is 2.84. The summed E-state index contributed by atoms with van der Waals surface area (Å²) in [4.78, 5) is 16.8. The molecule has 0 N–H and O–H groups in total. The highest BCUT2D eigenvalue weighted by Gasteiger charge is 2.19. The van der Waals surface area contributed by atoms with Crippen molar-refractivity contribution in [2.75, 3.05) is 0 Å². The molecule has 0 unspecified atom stereocenters. The number of carbonyl (C=O) groups excluding carboxylic acids is 1. The third-order valence-electron chi connectivity index (χ3n) is 3.65. The first-order valence-electron chi connectivity index (χ1n) is 6.55. The van der Waals surface area contributed by atoms with Crippen molar-refractivity contribution in [1.29, 1.82) is 0 Å². The number of rotatable bonds is 0. The monoisotopic (exact) mass is 260 g/mol. The first-order chi connectivity index (χ1) is 9.75. The van der Waals surface area contributed by atoms with Gasteiger partial charge in [0.25, 0.3) is 0 Å². The Morgan fingerprint density at radius 3 is 2.65 bits per heavy atom. The van der Waals surface area contributed by atoms with Crippen LogP contribution in [0.15, 0.2) is 54.6 Å². The van der Waals surface area contributed by atoms with E-state index in [0.717, 1.165) is 33.2 Å². The van der Waals surface area contributed by atoms with Gasteiger partial charge in [0.15, 0.2) is 0 Å². The molecule has 2 heterocycles. The Bertz CT molecular complexity index is 936. The molecular weight excluding hydrogens is 248 g/mol. The predicted octanol–water partition coefficient (Wildman–Crippen LogP) is 3.95. The van der Waals surface area contributed by atoms with E-state index in [4.69, 9.17) is 0 Å². The quantitative estimate of drug-likeness (QED) is 0.479. The first kappa shape index (κ1) is 11.2. The maximum absolute atomic E-state index is 12.2. The fraction of sp³-hybridized carbons (Fsp3) is 0.0588. The van der Waals surface area contributed by atoms with E-state index in [1.165, 1.54) is 0 Å². The molecule has 0 saturated heterocycles. The lowest BCUT2D eigenvalue weighted by atomic mass is 10.1. The van der Waals surface area contributed by atoms with Crippen LogP contribution in [-0.4, -0.2) is 15.5 Å². The van der Waals surface area contributed by atoms with Gasteiger partial charge in [0.1, 0.15) is 0 Å². The summed E-state index contributed by atoms with van der Waals surface area (Å²) in [6, 6.07) is 17.9. The Labute approximate surface area is 115 Å². The molecule has 0 fully saturated rings. The maximum atomic E-state index is 12.2. The minimum absolute atomic E-state index is 0.00459. The summed E-state index contributed by atoms with van der Waals surface area (Å²) < 4.78 is 1.76. The third-order valence-corrected chi connectivity index (χ3v) is 3.65. The molecule has 20 heavy (non-hydrogen) atoms. The van der Waals surface area contributed by atoms with Crippen LogP contribution in [0.25, 0.3) is 33.2 Å². The number of hydrogen-bond acceptors (Lipinski definition) is 2. The smallest absolute Gasteiger partial charge is 0.228 e. The zero-order valence-corrected chi connectivity index (χ0v) is 11.0. The van der Waals surface area contributed by atoms with Crippen molar-refractivity contribution in [2.24, 2.45) is 0 Å². The van der Waals surface area contributed by atoms with Crippen molar-refractivity contribution in [1.82, 2.24) is 9.55 Å². The lowest BCUT2D eigenvalue weighted by Crippen LogP contribution is -2.10. The molecule has 0 aromatic heterocycles. The van der Waals surface area contributed by atoms with Crippen LogP contribution in [0.2, 0.25) is 0 Å². The van der Waals surface area contributed by atoms with Crippen LogP contribution in [0.4, 0.5) is 0 Å². The van der Waals surface area contributed by atoms with E-state index in [0.29, 0.717) is 0 Å². The van der Waals surface area contributed by atoms with E-state index in [-0.39, 0.29) is 5.91 Å². The highest BCUT2D eigenvalue weighted by Crippen LogP contribution is 2.34. The van der Waals surface area contributed by atoms with Crippen LogP contribution in [0.5, 0.6) is 0 Å². The SMILES string of the molecule is CC(=O)n1c2c3ccccc3nc-2cc2ccccc21. The lowest BCUT2D eigenvalue weighted by molar-refractivity contribution is 0.0943. The van der Waals surface area contributed by atoms with Crippen LogP contribution in [0.3, 0.4) is 0 Å². The van der Waals surface area contributed by atoms with E-state index in [1.807, 2.05) is 54.6 Å². The molecule has 0 radical (unpaired) electrons. The van der Waals surface area contributed by atoms with Crippen LogP contribution in [-0.2, 0) is 0 Å². The Kier molecular flexibility index (Phi) is 2.18. The van der Waals surface area contributed by atoms with E-state index in [9.17, 15) is 4.79 Å². The zero-order chi connectivity index (χ0) is 13.7. The topological polar surface area (TPSA) is 34.9 Å². The highest BCUT2D eigenvalue weighted by atomic mass is 16.1. The molecule has 0 spiro atoms. The molecule has 2 aliphatic heterocycles. The molecule has 3 nitrogen and oxygen atoms in total. The second-order valence-corrected chi connectivity index (χ2v) is 4.92. The van der Waals surface area contributed by atoms with Gasteiger partial charge in [0.05, 0.1) is 22.4 Å². The zero-order valence-electron chi connectivity index (χ0n) is 11.0. The van der Waals surface area contributed by atoms with Gasteiger partial charge < -0.3 is 0 Å². The van der Waals surface area contributed by atoms with E-state index < -0.39 is 0 Å². The van der Waals surface area contributed by atoms with Crippen molar-refractivity contribution in [3.05, 3.63) is 54.6 Å². The van der Waals surface area contributed by atoms with Crippen LogP contribution < -0.4 is 0 Å². The minimum atomic E-state index is 0.00459. The van der Waals surface area contributed by atoms with Crippen molar-refractivity contribution < 1.29 is 4.79 Å². The molecule has 0 bridgehead atoms. The van der Waals surface area contributed by atoms with Crippen molar-refractivity contribution in [3.63, 3.8) is 0 Å². The van der Waals surface area contributed by atoms with Crippen molar-refractivity contribution >= 4 is 27.7 Å². The maximum Gasteiger partial charge on any atom is 0.228 e. The number of nitrogens with zero attached hydrogens (tertiary/aromatic N) is 2. The van der Waals surface area contributed by atoms with Gasteiger partial charge in [-0.25, -0.2) is 4.98 Å². The largest absolute Gasteiger partial charge is 0.278 e. The van der Waals surface area contributed by atoms with E-state index >= 15 is 0 Å². The molecule has 2 aliphatic rings. The standard InChI is InChI=1S/C17H12N2O/c1-11(20)19-16-9-5-2-6-12(16)10-15-17(19)13-7-3-4-8-14(13)18-15/h2-10H,1H3. The number of benzene rings is 2. The van der Waals surface area contributed by atoms with Gasteiger partial charge in [-0.1, -0.05) is 36.4 Å². The second kappa shape index (κ2) is 3.90. The molecule has 0 saturated carbocycles. The van der Waals surface area contributed by atoms with Gasteiger partial charge in [-0.15, -0.1) is 0 Å². The summed E-state index contributed by atoms with van der Waals surface area (Å²) in [5.74, 6) is 0.00459. The summed E-state index contributed by atoms with van der Waals surface area (Å²) in [5.41, 5.74) is 3.60. The number of hydrogen-bond donors (Lipinski definition) is 0. The third kappa shape index (κ3) is 1.40. The summed E-state index contributed by atoms with van der Waals surface area (Å²) in [5, 5.41) is 2.04. The molecule has 4 rings (SSSR count). The van der Waals surface area contributed by atoms with E-state index in [2.05, 4.69) is 4.98 Å². The van der Waals surface area contributed by atoms with Gasteiger partial charge >= 0.3 is 0 Å². The fourth-order valence-corrected chi connectivity index (χ4v) is 2.84. The molecule has 2 aromatic carbocycles. The molecule has 96 valence electrons. The summed E-state index contributed by atoms with van der Waals surface area (Å²) >= 11 is 0. The number of para-hydroxylation sites is 2. The van der Waals surface area contributed by atoms with Crippen LogP contribution in [0, 0.1) is 0 Å². The van der Waals surface area contributed by atoms with Gasteiger partial charge in [-0.2, -0.15) is 0 Å². The Hall–Kier alpha value is -2.68. The molecule has 0 aliphatic carbocycles. The minimum Gasteiger partial charge on any atom is -0.278 e. The molecular formula is C17H12N2O. The summed E-state index contributed by atoms with van der Waals surface area (Å²) in [6.07, 6.45) is 0.